The van der Waals surface area contributed by atoms with Crippen LogP contribution in [0.4, 0.5) is 8.78 Å². The highest BCUT2D eigenvalue weighted by atomic mass is 32.2. The summed E-state index contributed by atoms with van der Waals surface area (Å²) in [5.74, 6) is -1.05. The van der Waals surface area contributed by atoms with Gasteiger partial charge in [-0.3, -0.25) is 4.79 Å². The van der Waals surface area contributed by atoms with Crippen LogP contribution in [-0.4, -0.2) is 23.5 Å². The molecule has 1 N–H and O–H groups in total. The molecule has 1 aliphatic rings. The van der Waals surface area contributed by atoms with Crippen molar-refractivity contribution >= 4 is 17.7 Å². The quantitative estimate of drug-likeness (QED) is 0.840. The van der Waals surface area contributed by atoms with Crippen molar-refractivity contribution in [1.82, 2.24) is 5.32 Å². The third kappa shape index (κ3) is 4.49. The molecule has 1 aliphatic carbocycles. The summed E-state index contributed by atoms with van der Waals surface area (Å²) in [7, 11) is 0. The molecule has 0 unspecified atom stereocenters. The Morgan fingerprint density at radius 1 is 1.21 bits per heavy atom. The fourth-order valence-corrected chi connectivity index (χ4v) is 3.45. The van der Waals surface area contributed by atoms with Gasteiger partial charge in [0.1, 0.15) is 11.6 Å². The van der Waals surface area contributed by atoms with E-state index in [4.69, 9.17) is 0 Å². The standard InChI is InChI=1S/C14H17F2NOS/c15-11-7-10(8-12(16)9-11)14(18)17-5-6-19-13-3-1-2-4-13/h7-9,13H,1-6H2,(H,17,18). The molecule has 104 valence electrons. The molecule has 0 heterocycles. The molecular weight excluding hydrogens is 268 g/mol. The second-order valence-electron chi connectivity index (χ2n) is 4.69. The maximum Gasteiger partial charge on any atom is 0.251 e. The highest BCUT2D eigenvalue weighted by Gasteiger charge is 2.15. The second kappa shape index (κ2) is 6.89. The van der Waals surface area contributed by atoms with Crippen LogP contribution >= 0.6 is 11.8 Å². The Hall–Kier alpha value is -1.10. The molecule has 0 atom stereocenters. The van der Waals surface area contributed by atoms with Gasteiger partial charge >= 0.3 is 0 Å². The lowest BCUT2D eigenvalue weighted by Gasteiger charge is -2.09. The summed E-state index contributed by atoms with van der Waals surface area (Å²) in [6.45, 7) is 0.526. The smallest absolute Gasteiger partial charge is 0.251 e. The van der Waals surface area contributed by atoms with Gasteiger partial charge in [0.15, 0.2) is 0 Å². The monoisotopic (exact) mass is 285 g/mol. The highest BCUT2D eigenvalue weighted by Crippen LogP contribution is 2.28. The molecule has 1 aromatic rings. The van der Waals surface area contributed by atoms with Crippen LogP contribution in [0.15, 0.2) is 18.2 Å². The summed E-state index contributed by atoms with van der Waals surface area (Å²) in [4.78, 5) is 11.7. The van der Waals surface area contributed by atoms with Gasteiger partial charge in [0.25, 0.3) is 5.91 Å². The number of halogens is 2. The Kier molecular flexibility index (Phi) is 5.19. The van der Waals surface area contributed by atoms with Gasteiger partial charge in [0.05, 0.1) is 0 Å². The molecule has 2 nitrogen and oxygen atoms in total. The summed E-state index contributed by atoms with van der Waals surface area (Å²) in [6.07, 6.45) is 5.11. The molecule has 19 heavy (non-hydrogen) atoms. The Morgan fingerprint density at radius 3 is 2.47 bits per heavy atom. The first-order valence-corrected chi connectivity index (χ1v) is 7.56. The van der Waals surface area contributed by atoms with Gasteiger partial charge in [-0.25, -0.2) is 8.78 Å². The van der Waals surface area contributed by atoms with Crippen molar-refractivity contribution in [2.45, 2.75) is 30.9 Å². The third-order valence-electron chi connectivity index (χ3n) is 3.17. The van der Waals surface area contributed by atoms with E-state index < -0.39 is 17.5 Å². The van der Waals surface area contributed by atoms with Gasteiger partial charge in [-0.2, -0.15) is 11.8 Å². The average Bonchev–Trinajstić information content (AvgIpc) is 2.86. The van der Waals surface area contributed by atoms with Gasteiger partial charge < -0.3 is 5.32 Å². The molecule has 0 saturated heterocycles. The zero-order valence-corrected chi connectivity index (χ0v) is 11.4. The Bertz CT molecular complexity index is 427. The predicted molar refractivity (Wildman–Crippen MR) is 73.4 cm³/mol. The number of rotatable bonds is 5. The topological polar surface area (TPSA) is 29.1 Å². The van der Waals surface area contributed by atoms with Crippen LogP contribution in [0.1, 0.15) is 36.0 Å². The highest BCUT2D eigenvalue weighted by molar-refractivity contribution is 7.99. The lowest BCUT2D eigenvalue weighted by atomic mass is 10.2. The largest absolute Gasteiger partial charge is 0.351 e. The van der Waals surface area contributed by atoms with Gasteiger partial charge in [-0.05, 0) is 25.0 Å². The van der Waals surface area contributed by atoms with Gasteiger partial charge in [-0.1, -0.05) is 12.8 Å². The number of amides is 1. The van der Waals surface area contributed by atoms with Crippen LogP contribution < -0.4 is 5.32 Å². The van der Waals surface area contributed by atoms with Gasteiger partial charge in [0, 0.05) is 29.2 Å². The maximum absolute atomic E-state index is 13.0. The molecule has 2 rings (SSSR count). The lowest BCUT2D eigenvalue weighted by molar-refractivity contribution is 0.0955. The predicted octanol–water partition coefficient (Wildman–Crippen LogP) is 3.37. The summed E-state index contributed by atoms with van der Waals surface area (Å²) in [6, 6.07) is 2.85. The van der Waals surface area contributed by atoms with E-state index in [0.29, 0.717) is 11.8 Å². The van der Waals surface area contributed by atoms with E-state index in [1.165, 1.54) is 25.7 Å². The first-order chi connectivity index (χ1) is 9.15. The number of nitrogens with one attached hydrogen (secondary N) is 1. The first kappa shape index (κ1) is 14.3. The van der Waals surface area contributed by atoms with Crippen LogP contribution in [0, 0.1) is 11.6 Å². The zero-order valence-electron chi connectivity index (χ0n) is 10.6. The summed E-state index contributed by atoms with van der Waals surface area (Å²) in [5, 5.41) is 3.40. The Morgan fingerprint density at radius 2 is 1.84 bits per heavy atom. The molecule has 0 aromatic heterocycles. The van der Waals surface area contributed by atoms with Crippen molar-refractivity contribution in [2.75, 3.05) is 12.3 Å². The molecule has 5 heteroatoms. The van der Waals surface area contributed by atoms with E-state index in [1.54, 1.807) is 0 Å². The van der Waals surface area contributed by atoms with Crippen molar-refractivity contribution in [3.8, 4) is 0 Å². The van der Waals surface area contributed by atoms with Crippen LogP contribution in [0.25, 0.3) is 0 Å². The summed E-state index contributed by atoms with van der Waals surface area (Å²) < 4.78 is 25.9. The molecule has 1 fully saturated rings. The molecular formula is C14H17F2NOS. The van der Waals surface area contributed by atoms with E-state index >= 15 is 0 Å². The van der Waals surface area contributed by atoms with Gasteiger partial charge in [-0.15, -0.1) is 0 Å². The number of benzene rings is 1. The molecule has 1 amide bonds. The molecule has 1 saturated carbocycles. The number of thioether (sulfide) groups is 1. The van der Waals surface area contributed by atoms with Crippen molar-refractivity contribution in [3.63, 3.8) is 0 Å². The van der Waals surface area contributed by atoms with Crippen molar-refractivity contribution in [2.24, 2.45) is 0 Å². The van der Waals surface area contributed by atoms with Crippen LogP contribution in [-0.2, 0) is 0 Å². The van der Waals surface area contributed by atoms with Crippen molar-refractivity contribution in [3.05, 3.63) is 35.4 Å². The maximum atomic E-state index is 13.0. The molecule has 0 bridgehead atoms. The second-order valence-corrected chi connectivity index (χ2v) is 6.10. The van der Waals surface area contributed by atoms with E-state index in [0.717, 1.165) is 24.0 Å². The number of hydrogen-bond acceptors (Lipinski definition) is 2. The van der Waals surface area contributed by atoms with E-state index in [1.807, 2.05) is 11.8 Å². The SMILES string of the molecule is O=C(NCCSC1CCCC1)c1cc(F)cc(F)c1. The minimum absolute atomic E-state index is 0.0309. The minimum Gasteiger partial charge on any atom is -0.351 e. The van der Waals surface area contributed by atoms with E-state index in [9.17, 15) is 13.6 Å². The Balaban J connectivity index is 1.74. The fourth-order valence-electron chi connectivity index (χ4n) is 2.23. The number of carbonyl (C=O) groups excluding carboxylic acids is 1. The van der Waals surface area contributed by atoms with Crippen molar-refractivity contribution in [1.29, 1.82) is 0 Å². The Labute approximate surface area is 116 Å². The number of carbonyl (C=O) groups is 1. The third-order valence-corrected chi connectivity index (χ3v) is 4.55. The van der Waals surface area contributed by atoms with E-state index in [2.05, 4.69) is 5.32 Å². The van der Waals surface area contributed by atoms with E-state index in [-0.39, 0.29) is 5.56 Å². The van der Waals surface area contributed by atoms with Crippen molar-refractivity contribution < 1.29 is 13.6 Å². The van der Waals surface area contributed by atoms with Gasteiger partial charge in [0.2, 0.25) is 0 Å². The molecule has 0 aliphatic heterocycles. The van der Waals surface area contributed by atoms with Crippen LogP contribution in [0.3, 0.4) is 0 Å². The molecule has 1 aromatic carbocycles. The lowest BCUT2D eigenvalue weighted by Crippen LogP contribution is -2.26. The zero-order chi connectivity index (χ0) is 13.7. The van der Waals surface area contributed by atoms with Crippen LogP contribution in [0.2, 0.25) is 0 Å². The average molecular weight is 285 g/mol. The summed E-state index contributed by atoms with van der Waals surface area (Å²) in [5.41, 5.74) is 0.0309. The molecule has 0 radical (unpaired) electrons. The number of hydrogen-bond donors (Lipinski definition) is 1. The first-order valence-electron chi connectivity index (χ1n) is 6.51. The molecule has 0 spiro atoms. The fraction of sp³-hybridized carbons (Fsp3) is 0.500. The normalized spacial score (nSPS) is 15.7. The minimum atomic E-state index is -0.731. The van der Waals surface area contributed by atoms with Crippen LogP contribution in [0.5, 0.6) is 0 Å². The summed E-state index contributed by atoms with van der Waals surface area (Å²) >= 11 is 1.86.